The summed E-state index contributed by atoms with van der Waals surface area (Å²) < 4.78 is 13.9. The zero-order chi connectivity index (χ0) is 18.8. The minimum Gasteiger partial charge on any atom is -0.378 e. The van der Waals surface area contributed by atoms with E-state index in [1.807, 2.05) is 4.90 Å². The van der Waals surface area contributed by atoms with E-state index < -0.39 is 16.4 Å². The monoisotopic (exact) mass is 360 g/mol. The lowest BCUT2D eigenvalue weighted by molar-refractivity contribution is -0.383. The van der Waals surface area contributed by atoms with E-state index in [-0.39, 0.29) is 17.3 Å². The van der Waals surface area contributed by atoms with E-state index in [1.54, 1.807) is 6.07 Å². The molecule has 3 N–H and O–H groups in total. The molecule has 3 rings (SSSR count). The number of halogens is 1. The van der Waals surface area contributed by atoms with Crippen LogP contribution in [0.1, 0.15) is 20.3 Å². The molecule has 0 bridgehead atoms. The van der Waals surface area contributed by atoms with Crippen LogP contribution in [0, 0.1) is 27.8 Å². The minimum absolute atomic E-state index is 0.0834. The second-order valence-corrected chi connectivity index (χ2v) is 6.82. The van der Waals surface area contributed by atoms with Crippen LogP contribution in [0.3, 0.4) is 0 Å². The predicted molar refractivity (Wildman–Crippen MR) is 97.9 cm³/mol. The maximum atomic E-state index is 13.9. The maximum absolute atomic E-state index is 13.9. The highest BCUT2D eigenvalue weighted by atomic mass is 19.1. The number of nitrogens with two attached hydrogens (primary N) is 1. The quantitative estimate of drug-likeness (QED) is 0.635. The van der Waals surface area contributed by atoms with Gasteiger partial charge in [0.1, 0.15) is 5.82 Å². The Bertz CT molecular complexity index is 821. The first kappa shape index (κ1) is 17.8. The highest BCUT2D eigenvalue weighted by Gasteiger charge is 2.29. The van der Waals surface area contributed by atoms with Gasteiger partial charge in [0, 0.05) is 13.1 Å². The largest absolute Gasteiger partial charge is 0.378 e. The molecule has 0 spiro atoms. The van der Waals surface area contributed by atoms with E-state index in [0.29, 0.717) is 17.8 Å². The van der Waals surface area contributed by atoms with Gasteiger partial charge in [-0.05, 0) is 30.4 Å². The number of nitrogen functional groups attached to an aromatic ring is 1. The molecule has 1 aromatic carbocycles. The lowest BCUT2D eigenvalue weighted by Gasteiger charge is -2.35. The van der Waals surface area contributed by atoms with Crippen LogP contribution in [0.4, 0.5) is 33.3 Å². The number of nitrogens with zero attached hydrogens (tertiary/aromatic N) is 4. The van der Waals surface area contributed by atoms with Crippen LogP contribution in [0.2, 0.25) is 0 Å². The SMILES string of the molecule is C[C@H]1C[C@H](C)CN(c2nc(N)c([N+](=O)[O-])c(Nc3ccccc3F)n2)C1. The van der Waals surface area contributed by atoms with Crippen LogP contribution in [0.15, 0.2) is 24.3 Å². The standard InChI is InChI=1S/C17H21FN6O2/c1-10-7-11(2)9-23(8-10)17-21-15(19)14(24(25)26)16(22-17)20-13-6-4-3-5-12(13)18/h3-6,10-11H,7-9H2,1-2H3,(H3,19,20,21,22)/t10-,11-/m0/s1. The average molecular weight is 360 g/mol. The van der Waals surface area contributed by atoms with Crippen molar-refractivity contribution in [1.82, 2.24) is 9.97 Å². The molecule has 0 radical (unpaired) electrons. The number of nitrogens with one attached hydrogen (secondary N) is 1. The summed E-state index contributed by atoms with van der Waals surface area (Å²) in [5.74, 6) is 0.299. The fourth-order valence-corrected chi connectivity index (χ4v) is 3.38. The van der Waals surface area contributed by atoms with Crippen LogP contribution < -0.4 is 16.0 Å². The third kappa shape index (κ3) is 3.66. The number of hydrogen-bond donors (Lipinski definition) is 2. The Balaban J connectivity index is 2.02. The molecule has 1 fully saturated rings. The van der Waals surface area contributed by atoms with Crippen molar-refractivity contribution in [2.45, 2.75) is 20.3 Å². The summed E-state index contributed by atoms with van der Waals surface area (Å²) in [6.07, 6.45) is 1.10. The number of piperidine rings is 1. The molecule has 1 aromatic heterocycles. The second-order valence-electron chi connectivity index (χ2n) is 6.82. The van der Waals surface area contributed by atoms with E-state index in [2.05, 4.69) is 29.1 Å². The normalized spacial score (nSPS) is 20.0. The molecule has 1 aliphatic rings. The maximum Gasteiger partial charge on any atom is 0.353 e. The summed E-state index contributed by atoms with van der Waals surface area (Å²) in [7, 11) is 0. The molecule has 0 unspecified atom stereocenters. The Morgan fingerprint density at radius 3 is 2.54 bits per heavy atom. The number of para-hydroxylation sites is 1. The molecular formula is C17H21FN6O2. The summed E-state index contributed by atoms with van der Waals surface area (Å²) in [4.78, 5) is 21.1. The van der Waals surface area contributed by atoms with E-state index in [0.717, 1.165) is 19.5 Å². The fraction of sp³-hybridized carbons (Fsp3) is 0.412. The average Bonchev–Trinajstić information content (AvgIpc) is 2.55. The van der Waals surface area contributed by atoms with Crippen molar-refractivity contribution in [3.63, 3.8) is 0 Å². The topological polar surface area (TPSA) is 110 Å². The smallest absolute Gasteiger partial charge is 0.353 e. The number of nitro groups is 1. The zero-order valence-corrected chi connectivity index (χ0v) is 14.6. The summed E-state index contributed by atoms with van der Waals surface area (Å²) in [6, 6.07) is 5.89. The molecule has 0 saturated carbocycles. The van der Waals surface area contributed by atoms with E-state index in [1.165, 1.54) is 18.2 Å². The molecule has 26 heavy (non-hydrogen) atoms. The third-order valence-corrected chi connectivity index (χ3v) is 4.36. The molecule has 2 aromatic rings. The number of aromatic nitrogens is 2. The molecule has 0 amide bonds. The Morgan fingerprint density at radius 1 is 1.27 bits per heavy atom. The molecule has 1 saturated heterocycles. The van der Waals surface area contributed by atoms with Gasteiger partial charge >= 0.3 is 5.69 Å². The molecule has 2 atom stereocenters. The van der Waals surface area contributed by atoms with Gasteiger partial charge in [-0.2, -0.15) is 9.97 Å². The van der Waals surface area contributed by atoms with Crippen molar-refractivity contribution in [1.29, 1.82) is 0 Å². The lowest BCUT2D eigenvalue weighted by Crippen LogP contribution is -2.39. The van der Waals surface area contributed by atoms with Gasteiger partial charge in [0.05, 0.1) is 10.6 Å². The molecular weight excluding hydrogens is 339 g/mol. The highest BCUT2D eigenvalue weighted by Crippen LogP contribution is 2.34. The molecule has 9 heteroatoms. The van der Waals surface area contributed by atoms with Crippen LogP contribution in [0.5, 0.6) is 0 Å². The molecule has 1 aliphatic heterocycles. The molecule has 138 valence electrons. The second kappa shape index (κ2) is 7.11. The first-order valence-electron chi connectivity index (χ1n) is 8.43. The summed E-state index contributed by atoms with van der Waals surface area (Å²) in [5.41, 5.74) is 5.46. The number of rotatable bonds is 4. The summed E-state index contributed by atoms with van der Waals surface area (Å²) in [6.45, 7) is 5.74. The van der Waals surface area contributed by atoms with Gasteiger partial charge in [-0.15, -0.1) is 0 Å². The van der Waals surface area contributed by atoms with Crippen molar-refractivity contribution >= 4 is 29.0 Å². The van der Waals surface area contributed by atoms with Gasteiger partial charge in [-0.3, -0.25) is 10.1 Å². The number of benzene rings is 1. The summed E-state index contributed by atoms with van der Waals surface area (Å²) >= 11 is 0. The highest BCUT2D eigenvalue weighted by molar-refractivity contribution is 5.74. The van der Waals surface area contributed by atoms with Crippen molar-refractivity contribution in [3.8, 4) is 0 Å². The van der Waals surface area contributed by atoms with Gasteiger partial charge in [0.25, 0.3) is 0 Å². The Hall–Kier alpha value is -2.97. The lowest BCUT2D eigenvalue weighted by atomic mass is 9.92. The summed E-state index contributed by atoms with van der Waals surface area (Å²) in [5, 5.41) is 14.1. The van der Waals surface area contributed by atoms with Gasteiger partial charge in [-0.25, -0.2) is 4.39 Å². The Kier molecular flexibility index (Phi) is 4.88. The Labute approximate surface area is 150 Å². The first-order valence-corrected chi connectivity index (χ1v) is 8.43. The van der Waals surface area contributed by atoms with Gasteiger partial charge < -0.3 is 16.0 Å². The van der Waals surface area contributed by atoms with Gasteiger partial charge in [0.2, 0.25) is 17.6 Å². The number of hydrogen-bond acceptors (Lipinski definition) is 7. The first-order chi connectivity index (χ1) is 12.3. The van der Waals surface area contributed by atoms with Crippen molar-refractivity contribution < 1.29 is 9.31 Å². The minimum atomic E-state index is -0.663. The van der Waals surface area contributed by atoms with Crippen molar-refractivity contribution in [2.24, 2.45) is 11.8 Å². The zero-order valence-electron chi connectivity index (χ0n) is 14.6. The van der Waals surface area contributed by atoms with Crippen molar-refractivity contribution in [3.05, 3.63) is 40.2 Å². The molecule has 8 nitrogen and oxygen atoms in total. The molecule has 2 heterocycles. The van der Waals surface area contributed by atoms with Gasteiger partial charge in [-0.1, -0.05) is 26.0 Å². The number of anilines is 4. The van der Waals surface area contributed by atoms with Gasteiger partial charge in [0.15, 0.2) is 0 Å². The fourth-order valence-electron chi connectivity index (χ4n) is 3.38. The van der Waals surface area contributed by atoms with Crippen molar-refractivity contribution in [2.75, 3.05) is 29.0 Å². The van der Waals surface area contributed by atoms with Crippen LogP contribution in [-0.4, -0.2) is 28.0 Å². The van der Waals surface area contributed by atoms with E-state index >= 15 is 0 Å². The van der Waals surface area contributed by atoms with Crippen LogP contribution in [0.25, 0.3) is 0 Å². The van der Waals surface area contributed by atoms with E-state index in [4.69, 9.17) is 5.73 Å². The third-order valence-electron chi connectivity index (χ3n) is 4.36. The van der Waals surface area contributed by atoms with Crippen LogP contribution in [-0.2, 0) is 0 Å². The molecule has 0 aliphatic carbocycles. The predicted octanol–water partition coefficient (Wildman–Crippen LogP) is 3.33. The van der Waals surface area contributed by atoms with E-state index in [9.17, 15) is 14.5 Å². The Morgan fingerprint density at radius 2 is 1.92 bits per heavy atom. The van der Waals surface area contributed by atoms with Crippen LogP contribution >= 0.6 is 0 Å².